The Balaban J connectivity index is 1.70. The number of rotatable bonds is 2. The van der Waals surface area contributed by atoms with Crippen molar-refractivity contribution in [3.05, 3.63) is 69.8 Å². The Hall–Kier alpha value is -2.31. The first-order valence-electron chi connectivity index (χ1n) is 7.16. The molecule has 0 spiro atoms. The third-order valence-corrected chi connectivity index (χ3v) is 5.15. The summed E-state index contributed by atoms with van der Waals surface area (Å²) in [4.78, 5) is 18.3. The SMILES string of the molecule is O=C(Nc1ccc(Br)cc1F)c1cc2cc3ccccc3nc2s1. The topological polar surface area (TPSA) is 42.0 Å². The van der Waals surface area contributed by atoms with Gasteiger partial charge in [-0.05, 0) is 36.4 Å². The highest BCUT2D eigenvalue weighted by Gasteiger charge is 2.14. The van der Waals surface area contributed by atoms with Crippen LogP contribution in [-0.2, 0) is 0 Å². The predicted octanol–water partition coefficient (Wildman–Crippen LogP) is 5.60. The molecule has 2 aromatic heterocycles. The van der Waals surface area contributed by atoms with Crippen molar-refractivity contribution in [2.45, 2.75) is 0 Å². The van der Waals surface area contributed by atoms with E-state index >= 15 is 0 Å². The van der Waals surface area contributed by atoms with Gasteiger partial charge in [-0.2, -0.15) is 0 Å². The van der Waals surface area contributed by atoms with Crippen LogP contribution in [0.5, 0.6) is 0 Å². The molecule has 118 valence electrons. The zero-order valence-electron chi connectivity index (χ0n) is 12.2. The highest BCUT2D eigenvalue weighted by Crippen LogP contribution is 2.28. The number of pyridine rings is 1. The lowest BCUT2D eigenvalue weighted by Gasteiger charge is -2.04. The van der Waals surface area contributed by atoms with Crippen LogP contribution in [0.25, 0.3) is 21.1 Å². The number of halogens is 2. The molecule has 24 heavy (non-hydrogen) atoms. The number of nitrogens with zero attached hydrogens (tertiary/aromatic N) is 1. The van der Waals surface area contributed by atoms with E-state index in [1.54, 1.807) is 12.1 Å². The van der Waals surface area contributed by atoms with Gasteiger partial charge in [-0.25, -0.2) is 9.37 Å². The summed E-state index contributed by atoms with van der Waals surface area (Å²) in [5.74, 6) is -0.828. The van der Waals surface area contributed by atoms with Crippen molar-refractivity contribution < 1.29 is 9.18 Å². The number of fused-ring (bicyclic) bond motifs is 2. The van der Waals surface area contributed by atoms with Crippen LogP contribution in [0.15, 0.2) is 59.1 Å². The maximum atomic E-state index is 13.9. The Bertz CT molecular complexity index is 1040. The van der Waals surface area contributed by atoms with Gasteiger partial charge in [0.15, 0.2) is 0 Å². The zero-order chi connectivity index (χ0) is 16.7. The third kappa shape index (κ3) is 2.79. The van der Waals surface area contributed by atoms with E-state index in [2.05, 4.69) is 26.2 Å². The molecule has 0 bridgehead atoms. The van der Waals surface area contributed by atoms with Gasteiger partial charge < -0.3 is 5.32 Å². The fourth-order valence-electron chi connectivity index (χ4n) is 2.46. The summed E-state index contributed by atoms with van der Waals surface area (Å²) in [6.07, 6.45) is 0. The summed E-state index contributed by atoms with van der Waals surface area (Å²) in [5, 5.41) is 4.53. The van der Waals surface area contributed by atoms with Gasteiger partial charge in [0.05, 0.1) is 16.1 Å². The number of benzene rings is 2. The van der Waals surface area contributed by atoms with E-state index < -0.39 is 5.82 Å². The fourth-order valence-corrected chi connectivity index (χ4v) is 3.71. The molecule has 6 heteroatoms. The number of amides is 1. The van der Waals surface area contributed by atoms with Crippen molar-refractivity contribution in [3.8, 4) is 0 Å². The monoisotopic (exact) mass is 400 g/mol. The Morgan fingerprint density at radius 3 is 2.75 bits per heavy atom. The second kappa shape index (κ2) is 5.96. The average molecular weight is 401 g/mol. The summed E-state index contributed by atoms with van der Waals surface area (Å²) in [6, 6.07) is 16.1. The molecule has 0 aliphatic heterocycles. The van der Waals surface area contributed by atoms with Crippen LogP contribution in [0.1, 0.15) is 9.67 Å². The molecule has 0 atom stereocenters. The molecule has 1 N–H and O–H groups in total. The first-order valence-corrected chi connectivity index (χ1v) is 8.77. The minimum atomic E-state index is -0.484. The summed E-state index contributed by atoms with van der Waals surface area (Å²) in [5.41, 5.74) is 1.04. The number of carbonyl (C=O) groups is 1. The molecule has 0 fully saturated rings. The van der Waals surface area contributed by atoms with Crippen molar-refractivity contribution >= 4 is 60.0 Å². The van der Waals surface area contributed by atoms with Gasteiger partial charge in [0, 0.05) is 15.2 Å². The molecular weight excluding hydrogens is 391 g/mol. The maximum Gasteiger partial charge on any atom is 0.265 e. The van der Waals surface area contributed by atoms with E-state index in [0.29, 0.717) is 9.35 Å². The van der Waals surface area contributed by atoms with Crippen LogP contribution in [0.3, 0.4) is 0 Å². The number of thiophene rings is 1. The van der Waals surface area contributed by atoms with Crippen molar-refractivity contribution in [1.82, 2.24) is 4.98 Å². The standard InChI is InChI=1S/C18H10BrFN2OS/c19-12-5-6-15(13(20)9-12)21-17(23)16-8-11-7-10-3-1-2-4-14(10)22-18(11)24-16/h1-9H,(H,21,23). The van der Waals surface area contributed by atoms with E-state index in [0.717, 1.165) is 21.1 Å². The van der Waals surface area contributed by atoms with Gasteiger partial charge in [-0.3, -0.25) is 4.79 Å². The molecule has 2 heterocycles. The second-order valence-electron chi connectivity index (χ2n) is 5.26. The van der Waals surface area contributed by atoms with Gasteiger partial charge >= 0.3 is 0 Å². The highest BCUT2D eigenvalue weighted by molar-refractivity contribution is 9.10. The van der Waals surface area contributed by atoms with Crippen molar-refractivity contribution in [2.75, 3.05) is 5.32 Å². The minimum Gasteiger partial charge on any atom is -0.319 e. The third-order valence-electron chi connectivity index (χ3n) is 3.61. The molecule has 0 saturated carbocycles. The lowest BCUT2D eigenvalue weighted by Crippen LogP contribution is -2.11. The van der Waals surface area contributed by atoms with E-state index in [4.69, 9.17) is 0 Å². The minimum absolute atomic E-state index is 0.152. The Labute approximate surface area is 149 Å². The smallest absolute Gasteiger partial charge is 0.265 e. The molecule has 2 aromatic carbocycles. The van der Waals surface area contributed by atoms with E-state index in [1.807, 2.05) is 30.3 Å². The molecule has 0 unspecified atom stereocenters. The van der Waals surface area contributed by atoms with E-state index in [9.17, 15) is 9.18 Å². The summed E-state index contributed by atoms with van der Waals surface area (Å²) < 4.78 is 14.5. The van der Waals surface area contributed by atoms with Crippen molar-refractivity contribution in [3.63, 3.8) is 0 Å². The second-order valence-corrected chi connectivity index (χ2v) is 7.21. The van der Waals surface area contributed by atoms with Gasteiger partial charge in [0.25, 0.3) is 5.91 Å². The molecule has 0 radical (unpaired) electrons. The van der Waals surface area contributed by atoms with Gasteiger partial charge in [0.1, 0.15) is 10.6 Å². The predicted molar refractivity (Wildman–Crippen MR) is 99.2 cm³/mol. The largest absolute Gasteiger partial charge is 0.319 e. The number of carbonyl (C=O) groups excluding carboxylic acids is 1. The molecule has 3 nitrogen and oxygen atoms in total. The van der Waals surface area contributed by atoms with Gasteiger partial charge in [-0.1, -0.05) is 34.1 Å². The maximum absolute atomic E-state index is 13.9. The van der Waals surface area contributed by atoms with Crippen LogP contribution in [0, 0.1) is 5.82 Å². The molecule has 4 aromatic rings. The van der Waals surface area contributed by atoms with E-state index in [1.165, 1.54) is 23.5 Å². The van der Waals surface area contributed by atoms with Crippen LogP contribution in [-0.4, -0.2) is 10.9 Å². The van der Waals surface area contributed by atoms with Crippen LogP contribution < -0.4 is 5.32 Å². The molecule has 4 rings (SSSR count). The molecule has 0 aliphatic rings. The average Bonchev–Trinajstić information content (AvgIpc) is 2.98. The highest BCUT2D eigenvalue weighted by atomic mass is 79.9. The van der Waals surface area contributed by atoms with Gasteiger partial charge in [0.2, 0.25) is 0 Å². The molecule has 1 amide bonds. The lowest BCUT2D eigenvalue weighted by molar-refractivity contribution is 0.103. The Morgan fingerprint density at radius 2 is 1.92 bits per heavy atom. The number of para-hydroxylation sites is 1. The number of anilines is 1. The lowest BCUT2D eigenvalue weighted by atomic mass is 10.2. The quantitative estimate of drug-likeness (QED) is 0.475. The zero-order valence-corrected chi connectivity index (χ0v) is 14.6. The van der Waals surface area contributed by atoms with Crippen LogP contribution in [0.4, 0.5) is 10.1 Å². The summed E-state index contributed by atoms with van der Waals surface area (Å²) >= 11 is 4.49. The van der Waals surface area contributed by atoms with Crippen LogP contribution >= 0.6 is 27.3 Å². The number of aromatic nitrogens is 1. The molecule has 0 aliphatic carbocycles. The number of hydrogen-bond acceptors (Lipinski definition) is 3. The van der Waals surface area contributed by atoms with E-state index in [-0.39, 0.29) is 11.6 Å². The number of hydrogen-bond donors (Lipinski definition) is 1. The fraction of sp³-hybridized carbons (Fsp3) is 0. The van der Waals surface area contributed by atoms with Crippen molar-refractivity contribution in [1.29, 1.82) is 0 Å². The molecular formula is C18H10BrFN2OS. The summed E-state index contributed by atoms with van der Waals surface area (Å²) in [7, 11) is 0. The summed E-state index contributed by atoms with van der Waals surface area (Å²) in [6.45, 7) is 0. The normalized spacial score (nSPS) is 11.1. The first-order chi connectivity index (χ1) is 11.6. The van der Waals surface area contributed by atoms with Gasteiger partial charge in [-0.15, -0.1) is 11.3 Å². The number of nitrogens with one attached hydrogen (secondary N) is 1. The molecule has 0 saturated heterocycles. The van der Waals surface area contributed by atoms with Crippen LogP contribution in [0.2, 0.25) is 0 Å². The van der Waals surface area contributed by atoms with Crippen molar-refractivity contribution in [2.24, 2.45) is 0 Å². The Kier molecular flexibility index (Phi) is 3.78. The Morgan fingerprint density at radius 1 is 1.08 bits per heavy atom. The first kappa shape index (κ1) is 15.2.